The number of H-pyrrole nitrogens is 1. The first-order valence-corrected chi connectivity index (χ1v) is 12.4. The van der Waals surface area contributed by atoms with Gasteiger partial charge in [-0.05, 0) is 48.4 Å². The van der Waals surface area contributed by atoms with E-state index in [4.69, 9.17) is 19.8 Å². The summed E-state index contributed by atoms with van der Waals surface area (Å²) in [7, 11) is 0. The summed E-state index contributed by atoms with van der Waals surface area (Å²) in [6.45, 7) is 1.70. The highest BCUT2D eigenvalue weighted by molar-refractivity contribution is 6.02. The number of hydrogen-bond donors (Lipinski definition) is 1. The zero-order valence-electron chi connectivity index (χ0n) is 19.8. The summed E-state index contributed by atoms with van der Waals surface area (Å²) in [6, 6.07) is 16.7. The Labute approximate surface area is 211 Å². The van der Waals surface area contributed by atoms with Gasteiger partial charge < -0.3 is 9.64 Å². The predicted octanol–water partition coefficient (Wildman–Crippen LogP) is 4.37. The number of nitrogens with zero attached hydrogens (tertiary/aromatic N) is 7. The van der Waals surface area contributed by atoms with Crippen LogP contribution in [0.4, 0.5) is 5.82 Å². The fourth-order valence-corrected chi connectivity index (χ4v) is 5.70. The molecule has 9 nitrogen and oxygen atoms in total. The van der Waals surface area contributed by atoms with Crippen molar-refractivity contribution in [2.75, 3.05) is 18.1 Å². The van der Waals surface area contributed by atoms with Gasteiger partial charge in [0.15, 0.2) is 5.65 Å². The van der Waals surface area contributed by atoms with Gasteiger partial charge in [-0.25, -0.2) is 14.5 Å². The lowest BCUT2D eigenvalue weighted by atomic mass is 9.99. The zero-order valence-corrected chi connectivity index (χ0v) is 19.8. The number of morpholine rings is 1. The number of pyridine rings is 2. The van der Waals surface area contributed by atoms with Gasteiger partial charge in [-0.2, -0.15) is 10.2 Å². The average Bonchev–Trinajstić information content (AvgIpc) is 3.76. The number of rotatable bonds is 4. The van der Waals surface area contributed by atoms with Crippen LogP contribution in [0.25, 0.3) is 50.2 Å². The number of hydrogen-bond acceptors (Lipinski definition) is 7. The quantitative estimate of drug-likeness (QED) is 0.395. The van der Waals surface area contributed by atoms with E-state index in [0.717, 1.165) is 75.6 Å². The largest absolute Gasteiger partial charge is 0.374 e. The van der Waals surface area contributed by atoms with E-state index in [9.17, 15) is 0 Å². The fourth-order valence-electron chi connectivity index (χ4n) is 5.70. The van der Waals surface area contributed by atoms with E-state index in [1.165, 1.54) is 0 Å². The minimum Gasteiger partial charge on any atom is -0.374 e. The van der Waals surface area contributed by atoms with E-state index in [-0.39, 0.29) is 0 Å². The minimum atomic E-state index is 0.333. The van der Waals surface area contributed by atoms with Crippen molar-refractivity contribution in [3.05, 3.63) is 79.5 Å². The average molecular weight is 487 g/mol. The van der Waals surface area contributed by atoms with Crippen LogP contribution < -0.4 is 4.90 Å². The Balaban J connectivity index is 1.30. The van der Waals surface area contributed by atoms with Gasteiger partial charge in [0, 0.05) is 47.8 Å². The Hall–Kier alpha value is -4.63. The first-order chi connectivity index (χ1) is 18.3. The van der Waals surface area contributed by atoms with Crippen LogP contribution in [-0.2, 0) is 4.74 Å². The predicted molar refractivity (Wildman–Crippen MR) is 140 cm³/mol. The molecule has 2 fully saturated rings. The molecule has 1 aromatic carbocycles. The second kappa shape index (κ2) is 7.94. The van der Waals surface area contributed by atoms with Crippen LogP contribution >= 0.6 is 0 Å². The van der Waals surface area contributed by atoms with E-state index >= 15 is 0 Å². The van der Waals surface area contributed by atoms with E-state index in [0.29, 0.717) is 12.1 Å². The maximum Gasteiger partial charge on any atom is 0.164 e. The Morgan fingerprint density at radius 1 is 0.919 bits per heavy atom. The number of ether oxygens (including phenoxy) is 1. The number of fused-ring (bicyclic) bond motifs is 4. The van der Waals surface area contributed by atoms with Crippen LogP contribution in [0.5, 0.6) is 0 Å². The SMILES string of the molecule is c1cc(-c2c(-c3ccncc3)nn3c(-c4ccc(N5C[C@@H]6C[C@H]5CO6)nc4)ccnc23)c2cn[nH]c2c1. The summed E-state index contributed by atoms with van der Waals surface area (Å²) in [5, 5.41) is 13.5. The van der Waals surface area contributed by atoms with Crippen molar-refractivity contribution >= 4 is 22.4 Å². The molecule has 180 valence electrons. The molecule has 0 spiro atoms. The molecule has 0 saturated carbocycles. The number of nitrogens with one attached hydrogen (secondary N) is 1. The van der Waals surface area contributed by atoms with Gasteiger partial charge in [0.2, 0.25) is 0 Å². The molecule has 7 heterocycles. The lowest BCUT2D eigenvalue weighted by molar-refractivity contribution is 0.0989. The van der Waals surface area contributed by atoms with Crippen molar-refractivity contribution in [3.63, 3.8) is 0 Å². The summed E-state index contributed by atoms with van der Waals surface area (Å²) < 4.78 is 7.68. The van der Waals surface area contributed by atoms with E-state index in [1.807, 2.05) is 53.4 Å². The maximum atomic E-state index is 5.76. The zero-order chi connectivity index (χ0) is 24.3. The Kier molecular flexibility index (Phi) is 4.41. The smallest absolute Gasteiger partial charge is 0.164 e. The highest BCUT2D eigenvalue weighted by atomic mass is 16.5. The lowest BCUT2D eigenvalue weighted by Gasteiger charge is -2.27. The second-order valence-electron chi connectivity index (χ2n) is 9.56. The first kappa shape index (κ1) is 20.6. The molecule has 2 aliphatic heterocycles. The molecule has 1 N–H and O–H groups in total. The van der Waals surface area contributed by atoms with Crippen LogP contribution in [0.1, 0.15) is 6.42 Å². The van der Waals surface area contributed by atoms with Gasteiger partial charge in [0.05, 0.1) is 41.7 Å². The number of aromatic amines is 1. The summed E-state index contributed by atoms with van der Waals surface area (Å²) in [5.41, 5.74) is 7.45. The highest BCUT2D eigenvalue weighted by Crippen LogP contribution is 2.39. The molecular weight excluding hydrogens is 464 g/mol. The van der Waals surface area contributed by atoms with E-state index < -0.39 is 0 Å². The van der Waals surface area contributed by atoms with Crippen LogP contribution in [0, 0.1) is 0 Å². The molecule has 8 rings (SSSR count). The molecule has 0 unspecified atom stereocenters. The molecule has 0 amide bonds. The number of aromatic nitrogens is 7. The third kappa shape index (κ3) is 3.17. The topological polar surface area (TPSA) is 97.1 Å². The standard InChI is InChI=1S/C28H22N8O/c1-2-21(22-14-32-33-23(22)3-1)26-27(17-6-9-29-10-7-17)34-36-24(8-11-30-28(26)36)18-4-5-25(31-13-18)35-15-20-12-19(35)16-37-20/h1-11,13-14,19-20H,12,15-16H2,(H,32,33)/t19-,20-/m0/s1. The van der Waals surface area contributed by atoms with Gasteiger partial charge in [0.25, 0.3) is 0 Å². The second-order valence-corrected chi connectivity index (χ2v) is 9.56. The van der Waals surface area contributed by atoms with Gasteiger partial charge in [-0.15, -0.1) is 0 Å². The van der Waals surface area contributed by atoms with Crippen molar-refractivity contribution in [2.24, 2.45) is 0 Å². The molecule has 2 saturated heterocycles. The molecule has 2 aliphatic rings. The molecule has 5 aromatic heterocycles. The van der Waals surface area contributed by atoms with Crippen LogP contribution in [0.2, 0.25) is 0 Å². The van der Waals surface area contributed by atoms with Crippen molar-refractivity contribution < 1.29 is 4.74 Å². The third-order valence-corrected chi connectivity index (χ3v) is 7.46. The van der Waals surface area contributed by atoms with E-state index in [1.54, 1.807) is 12.4 Å². The first-order valence-electron chi connectivity index (χ1n) is 12.4. The van der Waals surface area contributed by atoms with Crippen LogP contribution in [0.3, 0.4) is 0 Å². The molecule has 37 heavy (non-hydrogen) atoms. The molecule has 2 atom stereocenters. The van der Waals surface area contributed by atoms with E-state index in [2.05, 4.69) is 38.3 Å². The van der Waals surface area contributed by atoms with Crippen molar-refractivity contribution in [1.29, 1.82) is 0 Å². The maximum absolute atomic E-state index is 5.76. The fraction of sp³-hybridized carbons (Fsp3) is 0.179. The molecule has 9 heteroatoms. The molecule has 2 bridgehead atoms. The monoisotopic (exact) mass is 486 g/mol. The summed E-state index contributed by atoms with van der Waals surface area (Å²) >= 11 is 0. The highest BCUT2D eigenvalue weighted by Gasteiger charge is 2.39. The summed E-state index contributed by atoms with van der Waals surface area (Å²) in [5.74, 6) is 0.995. The summed E-state index contributed by atoms with van der Waals surface area (Å²) in [4.78, 5) is 16.2. The third-order valence-electron chi connectivity index (χ3n) is 7.46. The van der Waals surface area contributed by atoms with Crippen molar-refractivity contribution in [3.8, 4) is 33.6 Å². The van der Waals surface area contributed by atoms with Crippen LogP contribution in [0.15, 0.2) is 79.5 Å². The summed E-state index contributed by atoms with van der Waals surface area (Å²) in [6.07, 6.45) is 10.6. The Morgan fingerprint density at radius 2 is 1.86 bits per heavy atom. The Bertz CT molecular complexity index is 1760. The van der Waals surface area contributed by atoms with Gasteiger partial charge >= 0.3 is 0 Å². The minimum absolute atomic E-state index is 0.333. The molecule has 0 radical (unpaired) electrons. The van der Waals surface area contributed by atoms with Crippen molar-refractivity contribution in [2.45, 2.75) is 18.6 Å². The lowest BCUT2D eigenvalue weighted by Crippen LogP contribution is -2.37. The van der Waals surface area contributed by atoms with Gasteiger partial charge in [-0.3, -0.25) is 10.1 Å². The molecular formula is C28H22N8O. The number of anilines is 1. The van der Waals surface area contributed by atoms with Crippen molar-refractivity contribution in [1.82, 2.24) is 34.8 Å². The number of benzene rings is 1. The van der Waals surface area contributed by atoms with Gasteiger partial charge in [0.1, 0.15) is 11.5 Å². The van der Waals surface area contributed by atoms with Crippen LogP contribution in [-0.4, -0.2) is 60.1 Å². The molecule has 0 aliphatic carbocycles. The normalized spacial score (nSPS) is 18.9. The Morgan fingerprint density at radius 3 is 2.68 bits per heavy atom. The molecule has 6 aromatic rings. The van der Waals surface area contributed by atoms with Gasteiger partial charge in [-0.1, -0.05) is 12.1 Å².